The van der Waals surface area contributed by atoms with Crippen LogP contribution in [-0.4, -0.2) is 27.2 Å². The smallest absolute Gasteiger partial charge is 0.262 e. The number of anilines is 1. The SMILES string of the molecule is CS(=O)(=O)c1ccc(NC(=O)COc2ccc3oc4c(c3c2)CCCC4)cc1. The lowest BCUT2D eigenvalue weighted by Gasteiger charge is -2.10. The van der Waals surface area contributed by atoms with Crippen LogP contribution in [0, 0.1) is 0 Å². The number of carbonyl (C=O) groups excluding carboxylic acids is 1. The Morgan fingerprint density at radius 3 is 2.61 bits per heavy atom. The molecule has 1 aromatic heterocycles. The molecule has 0 bridgehead atoms. The van der Waals surface area contributed by atoms with Gasteiger partial charge in [0.15, 0.2) is 16.4 Å². The molecule has 28 heavy (non-hydrogen) atoms. The number of ether oxygens (including phenoxy) is 1. The van der Waals surface area contributed by atoms with E-state index in [0.717, 1.165) is 48.7 Å². The molecule has 1 aliphatic rings. The van der Waals surface area contributed by atoms with Crippen molar-refractivity contribution in [3.05, 3.63) is 53.8 Å². The molecule has 1 N–H and O–H groups in total. The summed E-state index contributed by atoms with van der Waals surface area (Å²) in [6.45, 7) is -0.140. The van der Waals surface area contributed by atoms with Crippen LogP contribution in [0.15, 0.2) is 51.8 Å². The van der Waals surface area contributed by atoms with E-state index in [9.17, 15) is 13.2 Å². The van der Waals surface area contributed by atoms with E-state index in [1.807, 2.05) is 12.1 Å². The lowest BCUT2D eigenvalue weighted by molar-refractivity contribution is -0.118. The zero-order valence-corrected chi connectivity index (χ0v) is 16.3. The van der Waals surface area contributed by atoms with Crippen LogP contribution < -0.4 is 10.1 Å². The average Bonchev–Trinajstić information content (AvgIpc) is 3.04. The first kappa shape index (κ1) is 18.6. The van der Waals surface area contributed by atoms with E-state index in [2.05, 4.69) is 5.32 Å². The number of aryl methyl sites for hydroxylation is 2. The topological polar surface area (TPSA) is 85.6 Å². The summed E-state index contributed by atoms with van der Waals surface area (Å²) in [5.74, 6) is 1.36. The van der Waals surface area contributed by atoms with Gasteiger partial charge in [-0.1, -0.05) is 0 Å². The average molecular weight is 399 g/mol. The molecular weight excluding hydrogens is 378 g/mol. The van der Waals surface area contributed by atoms with Gasteiger partial charge in [0, 0.05) is 29.3 Å². The first-order valence-corrected chi connectivity index (χ1v) is 11.1. The highest BCUT2D eigenvalue weighted by Gasteiger charge is 2.18. The maximum atomic E-state index is 12.1. The van der Waals surface area contributed by atoms with E-state index in [0.29, 0.717) is 11.4 Å². The third kappa shape index (κ3) is 3.89. The lowest BCUT2D eigenvalue weighted by Crippen LogP contribution is -2.20. The van der Waals surface area contributed by atoms with Crippen molar-refractivity contribution in [1.29, 1.82) is 0 Å². The van der Waals surface area contributed by atoms with Gasteiger partial charge in [-0.05, 0) is 61.7 Å². The summed E-state index contributed by atoms with van der Waals surface area (Å²) in [5, 5.41) is 3.75. The van der Waals surface area contributed by atoms with Crippen LogP contribution >= 0.6 is 0 Å². The van der Waals surface area contributed by atoms with Crippen molar-refractivity contribution >= 4 is 32.4 Å². The van der Waals surface area contributed by atoms with Gasteiger partial charge in [-0.3, -0.25) is 4.79 Å². The zero-order valence-electron chi connectivity index (χ0n) is 15.5. The normalized spacial score (nSPS) is 13.9. The summed E-state index contributed by atoms with van der Waals surface area (Å²) in [4.78, 5) is 12.3. The van der Waals surface area contributed by atoms with Crippen molar-refractivity contribution in [2.45, 2.75) is 30.6 Å². The molecule has 4 rings (SSSR count). The van der Waals surface area contributed by atoms with Gasteiger partial charge in [-0.15, -0.1) is 0 Å². The van der Waals surface area contributed by atoms with Gasteiger partial charge in [0.1, 0.15) is 17.1 Å². The highest BCUT2D eigenvalue weighted by molar-refractivity contribution is 7.90. The largest absolute Gasteiger partial charge is 0.484 e. The fourth-order valence-electron chi connectivity index (χ4n) is 3.46. The Hall–Kier alpha value is -2.80. The number of nitrogens with one attached hydrogen (secondary N) is 1. The van der Waals surface area contributed by atoms with Crippen molar-refractivity contribution in [2.75, 3.05) is 18.2 Å². The number of amides is 1. The van der Waals surface area contributed by atoms with Crippen LogP contribution in [0.5, 0.6) is 5.75 Å². The Balaban J connectivity index is 1.40. The van der Waals surface area contributed by atoms with E-state index in [1.54, 1.807) is 18.2 Å². The standard InChI is InChI=1S/C21H21NO5S/c1-28(24,25)16-9-6-14(7-10-16)22-21(23)13-26-15-8-11-20-18(12-15)17-4-2-3-5-19(17)27-20/h6-12H,2-5,13H2,1H3,(H,22,23). The fraction of sp³-hybridized carbons (Fsp3) is 0.286. The Bertz CT molecular complexity index is 1130. The first-order chi connectivity index (χ1) is 13.4. The maximum absolute atomic E-state index is 12.1. The number of sulfone groups is 1. The molecule has 7 heteroatoms. The van der Waals surface area contributed by atoms with E-state index in [4.69, 9.17) is 9.15 Å². The van der Waals surface area contributed by atoms with Gasteiger partial charge >= 0.3 is 0 Å². The lowest BCUT2D eigenvalue weighted by atomic mass is 9.96. The predicted octanol–water partition coefficient (Wildman–Crippen LogP) is 3.73. The number of furan rings is 1. The summed E-state index contributed by atoms with van der Waals surface area (Å²) in [6.07, 6.45) is 5.44. The van der Waals surface area contributed by atoms with Gasteiger partial charge in [0.2, 0.25) is 0 Å². The minimum Gasteiger partial charge on any atom is -0.484 e. The van der Waals surface area contributed by atoms with Crippen molar-refractivity contribution in [3.8, 4) is 5.75 Å². The molecule has 2 aromatic carbocycles. The molecule has 0 radical (unpaired) electrons. The van der Waals surface area contributed by atoms with Crippen molar-refractivity contribution in [3.63, 3.8) is 0 Å². The number of benzene rings is 2. The third-order valence-corrected chi connectivity index (χ3v) is 5.99. The van der Waals surface area contributed by atoms with E-state index < -0.39 is 9.84 Å². The molecule has 1 heterocycles. The molecule has 0 spiro atoms. The molecular formula is C21H21NO5S. The molecule has 0 unspecified atom stereocenters. The van der Waals surface area contributed by atoms with Crippen LogP contribution in [0.25, 0.3) is 11.0 Å². The summed E-state index contributed by atoms with van der Waals surface area (Å²) < 4.78 is 34.5. The summed E-state index contributed by atoms with van der Waals surface area (Å²) in [5.41, 5.74) is 2.62. The number of hydrogen-bond donors (Lipinski definition) is 1. The Kier molecular flexibility index (Phi) is 4.85. The summed E-state index contributed by atoms with van der Waals surface area (Å²) in [7, 11) is -3.26. The van der Waals surface area contributed by atoms with E-state index >= 15 is 0 Å². The second kappa shape index (κ2) is 7.31. The molecule has 146 valence electrons. The Morgan fingerprint density at radius 1 is 1.11 bits per heavy atom. The molecule has 6 nitrogen and oxygen atoms in total. The van der Waals surface area contributed by atoms with Crippen molar-refractivity contribution < 1.29 is 22.4 Å². The van der Waals surface area contributed by atoms with Crippen LogP contribution in [-0.2, 0) is 27.5 Å². The molecule has 0 atom stereocenters. The molecule has 0 saturated heterocycles. The monoisotopic (exact) mass is 399 g/mol. The maximum Gasteiger partial charge on any atom is 0.262 e. The number of rotatable bonds is 5. The molecule has 1 aliphatic carbocycles. The van der Waals surface area contributed by atoms with E-state index in [1.165, 1.54) is 17.7 Å². The Morgan fingerprint density at radius 2 is 1.86 bits per heavy atom. The Labute approximate surface area is 163 Å². The highest BCUT2D eigenvalue weighted by atomic mass is 32.2. The quantitative estimate of drug-likeness (QED) is 0.706. The van der Waals surface area contributed by atoms with Crippen LogP contribution in [0.1, 0.15) is 24.2 Å². The molecule has 0 fully saturated rings. The fourth-order valence-corrected chi connectivity index (χ4v) is 4.09. The molecule has 0 aliphatic heterocycles. The number of carbonyl (C=O) groups is 1. The summed E-state index contributed by atoms with van der Waals surface area (Å²) in [6, 6.07) is 11.6. The number of fused-ring (bicyclic) bond motifs is 3. The van der Waals surface area contributed by atoms with Gasteiger partial charge in [-0.2, -0.15) is 0 Å². The van der Waals surface area contributed by atoms with Gasteiger partial charge < -0.3 is 14.5 Å². The minimum atomic E-state index is -3.26. The van der Waals surface area contributed by atoms with Crippen molar-refractivity contribution in [2.24, 2.45) is 0 Å². The minimum absolute atomic E-state index is 0.140. The second-order valence-electron chi connectivity index (χ2n) is 7.00. The van der Waals surface area contributed by atoms with Gasteiger partial charge in [0.25, 0.3) is 5.91 Å². The van der Waals surface area contributed by atoms with Gasteiger partial charge in [0.05, 0.1) is 4.90 Å². The molecule has 1 amide bonds. The molecule has 0 saturated carbocycles. The van der Waals surface area contributed by atoms with Crippen LogP contribution in [0.2, 0.25) is 0 Å². The predicted molar refractivity (Wildman–Crippen MR) is 107 cm³/mol. The number of hydrogen-bond acceptors (Lipinski definition) is 5. The van der Waals surface area contributed by atoms with Crippen LogP contribution in [0.3, 0.4) is 0 Å². The van der Waals surface area contributed by atoms with Gasteiger partial charge in [-0.25, -0.2) is 8.42 Å². The second-order valence-corrected chi connectivity index (χ2v) is 9.02. The summed E-state index contributed by atoms with van der Waals surface area (Å²) >= 11 is 0. The first-order valence-electron chi connectivity index (χ1n) is 9.17. The highest BCUT2D eigenvalue weighted by Crippen LogP contribution is 2.33. The van der Waals surface area contributed by atoms with E-state index in [-0.39, 0.29) is 17.4 Å². The molecule has 3 aromatic rings. The third-order valence-electron chi connectivity index (χ3n) is 4.86. The van der Waals surface area contributed by atoms with Crippen molar-refractivity contribution in [1.82, 2.24) is 0 Å². The zero-order chi connectivity index (χ0) is 19.7. The van der Waals surface area contributed by atoms with Crippen LogP contribution in [0.4, 0.5) is 5.69 Å².